The predicted octanol–water partition coefficient (Wildman–Crippen LogP) is 3.89. The molecule has 1 N–H and O–H groups in total. The Morgan fingerprint density at radius 2 is 2.17 bits per heavy atom. The summed E-state index contributed by atoms with van der Waals surface area (Å²) >= 11 is 1.26. The Balaban J connectivity index is 1.68. The molecule has 3 heterocycles. The molecule has 0 unspecified atom stereocenters. The van der Waals surface area contributed by atoms with E-state index in [0.29, 0.717) is 17.3 Å². The monoisotopic (exact) mass is 425 g/mol. The molecule has 0 saturated carbocycles. The summed E-state index contributed by atoms with van der Waals surface area (Å²) in [6, 6.07) is 7.55. The number of aliphatic imine (C=N–C) groups is 1. The smallest absolute Gasteiger partial charge is 0.284 e. The minimum absolute atomic E-state index is 0.0191. The molecule has 2 aliphatic heterocycles. The number of methoxy groups -OCH3 is 1. The molecule has 0 spiro atoms. The number of hydrogen-bond acceptors (Lipinski definition) is 8. The summed E-state index contributed by atoms with van der Waals surface area (Å²) in [6.07, 6.45) is 2.05. The van der Waals surface area contributed by atoms with Crippen LogP contribution in [0, 0.1) is 15.5 Å². The van der Waals surface area contributed by atoms with E-state index in [1.807, 2.05) is 6.92 Å². The number of fused-ring (bicyclic) bond motifs is 1. The van der Waals surface area contributed by atoms with Crippen molar-refractivity contribution in [3.63, 3.8) is 0 Å². The highest BCUT2D eigenvalue weighted by molar-refractivity contribution is 8.26. The van der Waals surface area contributed by atoms with Crippen LogP contribution in [-0.4, -0.2) is 39.0 Å². The van der Waals surface area contributed by atoms with Gasteiger partial charge in [0, 0.05) is 0 Å². The lowest BCUT2D eigenvalue weighted by Crippen LogP contribution is -2.35. The van der Waals surface area contributed by atoms with Gasteiger partial charge in [-0.1, -0.05) is 6.92 Å². The average Bonchev–Trinajstić information content (AvgIpc) is 3.37. The van der Waals surface area contributed by atoms with Gasteiger partial charge >= 0.3 is 0 Å². The summed E-state index contributed by atoms with van der Waals surface area (Å²) < 4.78 is 10.7. The van der Waals surface area contributed by atoms with Crippen molar-refractivity contribution in [3.05, 3.63) is 51.8 Å². The number of rotatable bonds is 5. The van der Waals surface area contributed by atoms with E-state index in [-0.39, 0.29) is 34.2 Å². The van der Waals surface area contributed by atoms with E-state index < -0.39 is 10.8 Å². The Kier molecular flexibility index (Phi) is 4.96. The largest absolute Gasteiger partial charge is 0.497 e. The highest BCUT2D eigenvalue weighted by atomic mass is 32.2. The quantitative estimate of drug-likeness (QED) is 0.436. The van der Waals surface area contributed by atoms with Gasteiger partial charge in [-0.15, -0.1) is 0 Å². The fraction of sp³-hybridized carbons (Fsp3) is 0.158. The number of carbonyl (C=O) groups excluding carboxylic acids is 1. The summed E-state index contributed by atoms with van der Waals surface area (Å²) in [5, 5.41) is 26.4. The van der Waals surface area contributed by atoms with Gasteiger partial charge in [-0.05, 0) is 48.5 Å². The van der Waals surface area contributed by atoms with Crippen molar-refractivity contribution in [1.29, 1.82) is 5.41 Å². The van der Waals surface area contributed by atoms with E-state index in [9.17, 15) is 14.9 Å². The highest BCUT2D eigenvalue weighted by Crippen LogP contribution is 2.35. The molecule has 1 aromatic carbocycles. The maximum absolute atomic E-state index is 12.4. The number of nitrogens with one attached hydrogen (secondary N) is 1. The molecule has 0 saturated heterocycles. The number of hydrogen-bond donors (Lipinski definition) is 1. The number of nitro groups is 1. The lowest BCUT2D eigenvalue weighted by Gasteiger charge is -2.19. The molecule has 0 aliphatic carbocycles. The Bertz CT molecular complexity index is 1180. The molecule has 10 nitrogen and oxygen atoms in total. The number of furan rings is 1. The van der Waals surface area contributed by atoms with Gasteiger partial charge in [0.05, 0.1) is 29.2 Å². The molecule has 0 radical (unpaired) electrons. The fourth-order valence-corrected chi connectivity index (χ4v) is 3.71. The third-order valence-electron chi connectivity index (χ3n) is 4.38. The number of thioether (sulfide) groups is 1. The van der Waals surface area contributed by atoms with Gasteiger partial charge in [-0.25, -0.2) is 0 Å². The third kappa shape index (κ3) is 3.39. The van der Waals surface area contributed by atoms with E-state index in [1.54, 1.807) is 18.2 Å². The van der Waals surface area contributed by atoms with Crippen LogP contribution in [0.15, 0.2) is 50.4 Å². The van der Waals surface area contributed by atoms with Crippen molar-refractivity contribution in [1.82, 2.24) is 5.01 Å². The van der Waals surface area contributed by atoms with Gasteiger partial charge in [0.15, 0.2) is 5.84 Å². The fourth-order valence-electron chi connectivity index (χ4n) is 2.89. The zero-order valence-electron chi connectivity index (χ0n) is 15.9. The van der Waals surface area contributed by atoms with Crippen LogP contribution in [0.4, 0.5) is 5.69 Å². The molecule has 0 bridgehead atoms. The molecular weight excluding hydrogens is 410 g/mol. The van der Waals surface area contributed by atoms with Crippen LogP contribution in [-0.2, 0) is 4.79 Å². The molecule has 4 rings (SSSR count). The number of nitrogens with zero attached hydrogens (tertiary/aromatic N) is 4. The summed E-state index contributed by atoms with van der Waals surface area (Å²) in [5.74, 6) is 0.186. The van der Waals surface area contributed by atoms with Gasteiger partial charge in [0.1, 0.15) is 22.3 Å². The van der Waals surface area contributed by atoms with Crippen LogP contribution in [0.25, 0.3) is 17.4 Å². The number of benzene rings is 1. The maximum Gasteiger partial charge on any atom is 0.284 e. The molecule has 2 aliphatic rings. The van der Waals surface area contributed by atoms with Crippen LogP contribution < -0.4 is 4.74 Å². The van der Waals surface area contributed by atoms with Crippen LogP contribution in [0.1, 0.15) is 19.1 Å². The van der Waals surface area contributed by atoms with Crippen LogP contribution >= 0.6 is 11.8 Å². The second-order valence-electron chi connectivity index (χ2n) is 6.21. The SMILES string of the molecule is CCC1=NN2C(=N)/C(=C\c3ccc(-c4ccc(OC)cc4[N+](=O)[O-])o3)C(=O)N=C2S1. The van der Waals surface area contributed by atoms with E-state index >= 15 is 0 Å². The first kappa shape index (κ1) is 19.6. The second-order valence-corrected chi connectivity index (χ2v) is 7.25. The first-order valence-corrected chi connectivity index (χ1v) is 9.64. The Labute approximate surface area is 174 Å². The summed E-state index contributed by atoms with van der Waals surface area (Å²) in [6.45, 7) is 1.93. The number of nitro benzene ring substituents is 1. The summed E-state index contributed by atoms with van der Waals surface area (Å²) in [4.78, 5) is 27.3. The van der Waals surface area contributed by atoms with E-state index in [4.69, 9.17) is 14.6 Å². The Morgan fingerprint density at radius 1 is 1.37 bits per heavy atom. The van der Waals surface area contributed by atoms with Gasteiger partial charge in [0.2, 0.25) is 5.17 Å². The molecule has 0 fully saturated rings. The molecule has 1 amide bonds. The average molecular weight is 425 g/mol. The standard InChI is InChI=1S/C19H15N5O5S/c1-3-16-22-23-17(20)13(18(25)21-19(23)30-16)8-11-5-7-15(29-11)12-6-4-10(28-2)9-14(12)24(26)27/h4-9,20H,3H2,1-2H3/b13-8+,20-17?. The number of carbonyl (C=O) groups is 1. The zero-order chi connectivity index (χ0) is 21.4. The lowest BCUT2D eigenvalue weighted by molar-refractivity contribution is -0.384. The zero-order valence-corrected chi connectivity index (χ0v) is 16.7. The Morgan fingerprint density at radius 3 is 2.87 bits per heavy atom. The number of amidine groups is 2. The van der Waals surface area contributed by atoms with Gasteiger partial charge in [-0.3, -0.25) is 20.3 Å². The first-order valence-electron chi connectivity index (χ1n) is 8.83. The first-order chi connectivity index (χ1) is 14.4. The Hall–Kier alpha value is -3.73. The summed E-state index contributed by atoms with van der Waals surface area (Å²) in [5.41, 5.74) is 0.115. The third-order valence-corrected chi connectivity index (χ3v) is 5.43. The topological polar surface area (TPSA) is 134 Å². The number of amides is 1. The molecule has 0 atom stereocenters. The van der Waals surface area contributed by atoms with Crippen molar-refractivity contribution in [3.8, 4) is 17.1 Å². The van der Waals surface area contributed by atoms with Crippen molar-refractivity contribution < 1.29 is 18.9 Å². The van der Waals surface area contributed by atoms with Gasteiger partial charge in [0.25, 0.3) is 11.6 Å². The van der Waals surface area contributed by atoms with E-state index in [0.717, 1.165) is 5.04 Å². The molecule has 30 heavy (non-hydrogen) atoms. The van der Waals surface area contributed by atoms with Crippen LogP contribution in [0.2, 0.25) is 0 Å². The van der Waals surface area contributed by atoms with Crippen molar-refractivity contribution >= 4 is 45.5 Å². The number of ether oxygens (including phenoxy) is 1. The summed E-state index contributed by atoms with van der Waals surface area (Å²) in [7, 11) is 1.42. The molecular formula is C19H15N5O5S. The van der Waals surface area contributed by atoms with Crippen LogP contribution in [0.5, 0.6) is 5.75 Å². The minimum atomic E-state index is -0.570. The normalized spacial score (nSPS) is 17.1. The lowest BCUT2D eigenvalue weighted by atomic mass is 10.1. The van der Waals surface area contributed by atoms with Crippen molar-refractivity contribution in [2.75, 3.05) is 7.11 Å². The second kappa shape index (κ2) is 7.59. The van der Waals surface area contributed by atoms with Gasteiger partial charge < -0.3 is 9.15 Å². The molecule has 2 aromatic rings. The molecule has 1 aromatic heterocycles. The van der Waals surface area contributed by atoms with Crippen molar-refractivity contribution in [2.24, 2.45) is 10.1 Å². The minimum Gasteiger partial charge on any atom is -0.497 e. The highest BCUT2D eigenvalue weighted by Gasteiger charge is 2.35. The molecule has 11 heteroatoms. The predicted molar refractivity (Wildman–Crippen MR) is 113 cm³/mol. The van der Waals surface area contributed by atoms with E-state index in [1.165, 1.54) is 42.1 Å². The molecule has 152 valence electrons. The van der Waals surface area contributed by atoms with Crippen LogP contribution in [0.3, 0.4) is 0 Å². The number of hydrazone groups is 1. The van der Waals surface area contributed by atoms with Crippen molar-refractivity contribution in [2.45, 2.75) is 13.3 Å². The van der Waals surface area contributed by atoms with E-state index in [2.05, 4.69) is 10.1 Å². The van der Waals surface area contributed by atoms with Gasteiger partial charge in [-0.2, -0.15) is 15.1 Å². The maximum atomic E-state index is 12.4.